The molecule has 4 rings (SSSR count). The summed E-state index contributed by atoms with van der Waals surface area (Å²) in [4.78, 5) is 12.5. The second-order valence-electron chi connectivity index (χ2n) is 7.26. The molecule has 1 unspecified atom stereocenters. The van der Waals surface area contributed by atoms with Crippen LogP contribution in [-0.4, -0.2) is 19.0 Å². The van der Waals surface area contributed by atoms with Crippen LogP contribution in [0.3, 0.4) is 0 Å². The van der Waals surface area contributed by atoms with Crippen molar-refractivity contribution < 1.29 is 13.9 Å². The van der Waals surface area contributed by atoms with Gasteiger partial charge in [0.05, 0.1) is 0 Å². The third-order valence-electron chi connectivity index (χ3n) is 5.58. The number of hydrogen-bond donors (Lipinski definition) is 2. The normalized spacial score (nSPS) is 20.6. The predicted molar refractivity (Wildman–Crippen MR) is 98.4 cm³/mol. The van der Waals surface area contributed by atoms with Crippen molar-refractivity contribution in [3.05, 3.63) is 59.9 Å². The summed E-state index contributed by atoms with van der Waals surface area (Å²) in [6.07, 6.45) is 3.19. The molecule has 5 heteroatoms. The van der Waals surface area contributed by atoms with E-state index < -0.39 is 0 Å². The fourth-order valence-corrected chi connectivity index (χ4v) is 3.84. The second kappa shape index (κ2) is 7.08. The van der Waals surface area contributed by atoms with Crippen LogP contribution in [0.1, 0.15) is 24.8 Å². The molecule has 26 heavy (non-hydrogen) atoms. The zero-order chi connectivity index (χ0) is 18.0. The van der Waals surface area contributed by atoms with Gasteiger partial charge in [0, 0.05) is 17.2 Å². The van der Waals surface area contributed by atoms with Crippen LogP contribution in [0.25, 0.3) is 0 Å². The maximum atomic E-state index is 13.6. The lowest BCUT2D eigenvalue weighted by Crippen LogP contribution is -2.31. The molecule has 0 radical (unpaired) electrons. The summed E-state index contributed by atoms with van der Waals surface area (Å²) in [6, 6.07) is 13.8. The average Bonchev–Trinajstić information content (AvgIpc) is 3.36. The number of carbonyl (C=O) groups is 1. The molecule has 0 aromatic heterocycles. The van der Waals surface area contributed by atoms with Crippen molar-refractivity contribution >= 4 is 11.6 Å². The molecule has 2 aromatic rings. The molecule has 1 saturated carbocycles. The molecular weight excluding hydrogens is 331 g/mol. The number of carbonyl (C=O) groups excluding carboxylic acids is 1. The number of rotatable bonds is 5. The molecule has 1 atom stereocenters. The van der Waals surface area contributed by atoms with E-state index in [0.29, 0.717) is 11.3 Å². The van der Waals surface area contributed by atoms with Gasteiger partial charge < -0.3 is 15.4 Å². The van der Waals surface area contributed by atoms with Crippen molar-refractivity contribution in [3.8, 4) is 5.75 Å². The Morgan fingerprint density at radius 3 is 2.62 bits per heavy atom. The van der Waals surface area contributed by atoms with E-state index in [1.54, 1.807) is 30.3 Å². The van der Waals surface area contributed by atoms with Gasteiger partial charge in [0.1, 0.15) is 18.2 Å². The fraction of sp³-hybridized carbons (Fsp3) is 0.381. The lowest BCUT2D eigenvalue weighted by atomic mass is 9.92. The minimum atomic E-state index is -0.271. The molecule has 2 N–H and O–H groups in total. The van der Waals surface area contributed by atoms with E-state index >= 15 is 0 Å². The molecule has 0 bridgehead atoms. The molecule has 1 aliphatic carbocycles. The first-order chi connectivity index (χ1) is 12.7. The number of amides is 1. The Labute approximate surface area is 152 Å². The molecule has 2 fully saturated rings. The van der Waals surface area contributed by atoms with E-state index in [1.807, 2.05) is 12.1 Å². The Balaban J connectivity index is 1.30. The summed E-state index contributed by atoms with van der Waals surface area (Å²) in [5.74, 6) is 0.633. The number of ether oxygens (including phenoxy) is 1. The van der Waals surface area contributed by atoms with Crippen LogP contribution in [0.2, 0.25) is 0 Å². The molecule has 1 aliphatic heterocycles. The molecule has 2 aromatic carbocycles. The Bertz CT molecular complexity index is 785. The fourth-order valence-electron chi connectivity index (χ4n) is 3.84. The van der Waals surface area contributed by atoms with Gasteiger partial charge >= 0.3 is 0 Å². The highest BCUT2D eigenvalue weighted by molar-refractivity contribution is 5.95. The molecule has 136 valence electrons. The van der Waals surface area contributed by atoms with Crippen molar-refractivity contribution in [2.24, 2.45) is 11.3 Å². The van der Waals surface area contributed by atoms with Crippen LogP contribution in [0.15, 0.2) is 48.5 Å². The van der Waals surface area contributed by atoms with E-state index in [0.717, 1.165) is 38.0 Å². The molecular formula is C21H23FN2O2. The summed E-state index contributed by atoms with van der Waals surface area (Å²) < 4.78 is 19.2. The number of piperidine rings is 1. The average molecular weight is 354 g/mol. The van der Waals surface area contributed by atoms with Gasteiger partial charge in [-0.25, -0.2) is 4.39 Å². The monoisotopic (exact) mass is 354 g/mol. The maximum Gasteiger partial charge on any atom is 0.228 e. The van der Waals surface area contributed by atoms with Crippen LogP contribution in [-0.2, 0) is 11.4 Å². The van der Waals surface area contributed by atoms with Gasteiger partial charge in [-0.15, -0.1) is 0 Å². The van der Waals surface area contributed by atoms with Gasteiger partial charge in [0.15, 0.2) is 0 Å². The first kappa shape index (κ1) is 17.0. The highest BCUT2D eigenvalue weighted by atomic mass is 19.1. The van der Waals surface area contributed by atoms with Gasteiger partial charge in [-0.2, -0.15) is 0 Å². The first-order valence-corrected chi connectivity index (χ1v) is 9.14. The molecule has 2 aliphatic rings. The van der Waals surface area contributed by atoms with Crippen molar-refractivity contribution in [1.82, 2.24) is 5.32 Å². The standard InChI is InChI=1S/C21H23FN2O2/c22-19-4-2-1-3-15(19)14-26-17-7-5-16(6-8-17)24-20(25)18-13-21(18)9-11-23-12-10-21/h1-8,18,23H,9-14H2,(H,24,25). The summed E-state index contributed by atoms with van der Waals surface area (Å²) in [6.45, 7) is 2.20. The summed E-state index contributed by atoms with van der Waals surface area (Å²) in [5.41, 5.74) is 1.52. The number of nitrogens with one attached hydrogen (secondary N) is 2. The molecule has 4 nitrogen and oxygen atoms in total. The maximum absolute atomic E-state index is 13.6. The summed E-state index contributed by atoms with van der Waals surface area (Å²) in [7, 11) is 0. The largest absolute Gasteiger partial charge is 0.489 e. The van der Waals surface area contributed by atoms with Crippen LogP contribution >= 0.6 is 0 Å². The van der Waals surface area contributed by atoms with Crippen molar-refractivity contribution in [2.45, 2.75) is 25.9 Å². The van der Waals surface area contributed by atoms with E-state index in [1.165, 1.54) is 6.07 Å². The first-order valence-electron chi connectivity index (χ1n) is 9.14. The van der Waals surface area contributed by atoms with E-state index in [4.69, 9.17) is 4.74 Å². The molecule has 1 spiro atoms. The zero-order valence-corrected chi connectivity index (χ0v) is 14.6. The van der Waals surface area contributed by atoms with Crippen molar-refractivity contribution in [2.75, 3.05) is 18.4 Å². The Morgan fingerprint density at radius 1 is 1.15 bits per heavy atom. The Hall–Kier alpha value is -2.40. The third-order valence-corrected chi connectivity index (χ3v) is 5.58. The van der Waals surface area contributed by atoms with Crippen LogP contribution in [0, 0.1) is 17.2 Å². The summed E-state index contributed by atoms with van der Waals surface area (Å²) in [5, 5.41) is 6.36. The lowest BCUT2D eigenvalue weighted by molar-refractivity contribution is -0.118. The second-order valence-corrected chi connectivity index (χ2v) is 7.26. The lowest BCUT2D eigenvalue weighted by Gasteiger charge is -2.23. The van der Waals surface area contributed by atoms with E-state index in [9.17, 15) is 9.18 Å². The highest BCUT2D eigenvalue weighted by Gasteiger charge is 2.57. The van der Waals surface area contributed by atoms with Crippen molar-refractivity contribution in [3.63, 3.8) is 0 Å². The van der Waals surface area contributed by atoms with Crippen LogP contribution in [0.4, 0.5) is 10.1 Å². The van der Waals surface area contributed by atoms with Gasteiger partial charge in [-0.3, -0.25) is 4.79 Å². The summed E-state index contributed by atoms with van der Waals surface area (Å²) >= 11 is 0. The minimum Gasteiger partial charge on any atom is -0.489 e. The Kier molecular flexibility index (Phi) is 4.64. The van der Waals surface area contributed by atoms with Gasteiger partial charge in [0.2, 0.25) is 5.91 Å². The topological polar surface area (TPSA) is 50.4 Å². The zero-order valence-electron chi connectivity index (χ0n) is 14.6. The highest BCUT2D eigenvalue weighted by Crippen LogP contribution is 2.58. The molecule has 1 saturated heterocycles. The van der Waals surface area contributed by atoms with Crippen molar-refractivity contribution in [1.29, 1.82) is 0 Å². The number of anilines is 1. The Morgan fingerprint density at radius 2 is 1.88 bits per heavy atom. The van der Waals surface area contributed by atoms with Gasteiger partial charge in [-0.05, 0) is 68.1 Å². The SMILES string of the molecule is O=C(Nc1ccc(OCc2ccccc2F)cc1)C1CC12CCNCC2. The van der Waals surface area contributed by atoms with E-state index in [-0.39, 0.29) is 29.7 Å². The molecule has 1 heterocycles. The number of benzene rings is 2. The van der Waals surface area contributed by atoms with Crippen LogP contribution in [0.5, 0.6) is 5.75 Å². The predicted octanol–water partition coefficient (Wildman–Crippen LogP) is 3.73. The number of halogens is 1. The smallest absolute Gasteiger partial charge is 0.228 e. The molecule has 1 amide bonds. The van der Waals surface area contributed by atoms with Gasteiger partial charge in [0.25, 0.3) is 0 Å². The third kappa shape index (κ3) is 3.58. The number of hydrogen-bond acceptors (Lipinski definition) is 3. The quantitative estimate of drug-likeness (QED) is 0.860. The minimum absolute atomic E-state index is 0.118. The van der Waals surface area contributed by atoms with Gasteiger partial charge in [-0.1, -0.05) is 18.2 Å². The van der Waals surface area contributed by atoms with E-state index in [2.05, 4.69) is 10.6 Å². The van der Waals surface area contributed by atoms with Crippen LogP contribution < -0.4 is 15.4 Å².